The SMILES string of the molecule is Cc1cn2c(Nc3cc(C)[nH]n3)nc(-c3ccc4[nH]cc(C(N)=O)c4c3)cc2n1. The van der Waals surface area contributed by atoms with E-state index in [1.165, 1.54) is 0 Å². The monoisotopic (exact) mass is 386 g/mol. The first kappa shape index (κ1) is 17.0. The van der Waals surface area contributed by atoms with Gasteiger partial charge in [-0.05, 0) is 26.0 Å². The summed E-state index contributed by atoms with van der Waals surface area (Å²) in [5.41, 5.74) is 10.9. The number of anilines is 2. The number of rotatable bonds is 4. The van der Waals surface area contributed by atoms with Gasteiger partial charge < -0.3 is 16.0 Å². The van der Waals surface area contributed by atoms with Crippen LogP contribution in [0.1, 0.15) is 21.7 Å². The maximum absolute atomic E-state index is 11.7. The van der Waals surface area contributed by atoms with E-state index in [9.17, 15) is 4.79 Å². The highest BCUT2D eigenvalue weighted by atomic mass is 16.1. The van der Waals surface area contributed by atoms with Crippen LogP contribution in [0.15, 0.2) is 42.7 Å². The molecule has 9 heteroatoms. The van der Waals surface area contributed by atoms with Crippen LogP contribution in [0.3, 0.4) is 0 Å². The molecule has 0 saturated carbocycles. The second-order valence-corrected chi connectivity index (χ2v) is 6.96. The van der Waals surface area contributed by atoms with Crippen LogP contribution in [-0.4, -0.2) is 35.5 Å². The molecular formula is C20H18N8O. The number of imidazole rings is 1. The molecule has 0 bridgehead atoms. The molecule has 0 aliphatic heterocycles. The molecule has 0 saturated heterocycles. The van der Waals surface area contributed by atoms with Gasteiger partial charge in [-0.1, -0.05) is 6.07 Å². The summed E-state index contributed by atoms with van der Waals surface area (Å²) < 4.78 is 1.88. The van der Waals surface area contributed by atoms with Crippen molar-refractivity contribution in [3.05, 3.63) is 59.7 Å². The van der Waals surface area contributed by atoms with Gasteiger partial charge >= 0.3 is 0 Å². The Morgan fingerprint density at radius 3 is 2.79 bits per heavy atom. The van der Waals surface area contributed by atoms with E-state index in [0.717, 1.165) is 39.2 Å². The normalized spacial score (nSPS) is 11.4. The minimum absolute atomic E-state index is 0.449. The number of nitrogens with one attached hydrogen (secondary N) is 3. The molecular weight excluding hydrogens is 368 g/mol. The number of aromatic amines is 2. The van der Waals surface area contributed by atoms with Gasteiger partial charge in [0.2, 0.25) is 5.95 Å². The smallest absolute Gasteiger partial charge is 0.250 e. The number of primary amides is 1. The number of hydrogen-bond acceptors (Lipinski definition) is 5. The summed E-state index contributed by atoms with van der Waals surface area (Å²) in [7, 11) is 0. The Hall–Kier alpha value is -4.14. The van der Waals surface area contributed by atoms with Crippen LogP contribution in [0.2, 0.25) is 0 Å². The van der Waals surface area contributed by atoms with Crippen LogP contribution < -0.4 is 11.1 Å². The molecule has 0 spiro atoms. The largest absolute Gasteiger partial charge is 0.366 e. The third kappa shape index (κ3) is 2.89. The number of amides is 1. The van der Waals surface area contributed by atoms with Crippen molar-refractivity contribution in [2.45, 2.75) is 13.8 Å². The highest BCUT2D eigenvalue weighted by Crippen LogP contribution is 2.28. The van der Waals surface area contributed by atoms with Gasteiger partial charge in [0.1, 0.15) is 5.65 Å². The highest BCUT2D eigenvalue weighted by Gasteiger charge is 2.14. The molecule has 4 heterocycles. The minimum atomic E-state index is -0.475. The van der Waals surface area contributed by atoms with Gasteiger partial charge in [-0.15, -0.1) is 0 Å². The number of carbonyl (C=O) groups excluding carboxylic acids is 1. The van der Waals surface area contributed by atoms with Gasteiger partial charge in [0.05, 0.1) is 17.0 Å². The number of hydrogen-bond donors (Lipinski definition) is 4. The minimum Gasteiger partial charge on any atom is -0.366 e. The quantitative estimate of drug-likeness (QED) is 0.377. The van der Waals surface area contributed by atoms with Crippen molar-refractivity contribution in [2.75, 3.05) is 5.32 Å². The van der Waals surface area contributed by atoms with Gasteiger partial charge in [0.15, 0.2) is 5.82 Å². The fourth-order valence-electron chi connectivity index (χ4n) is 3.43. The Kier molecular flexibility index (Phi) is 3.63. The van der Waals surface area contributed by atoms with Crippen LogP contribution in [-0.2, 0) is 0 Å². The number of nitrogens with two attached hydrogens (primary N) is 1. The van der Waals surface area contributed by atoms with Crippen LogP contribution in [0.25, 0.3) is 27.8 Å². The van der Waals surface area contributed by atoms with E-state index in [-0.39, 0.29) is 0 Å². The number of H-pyrrole nitrogens is 2. The first-order valence-electron chi connectivity index (χ1n) is 9.05. The van der Waals surface area contributed by atoms with Gasteiger partial charge in [0.25, 0.3) is 5.91 Å². The molecule has 4 aromatic heterocycles. The predicted octanol–water partition coefficient (Wildman–Crippen LogP) is 3.06. The van der Waals surface area contributed by atoms with Crippen LogP contribution in [0.4, 0.5) is 11.8 Å². The number of nitrogens with zero attached hydrogens (tertiary/aromatic N) is 4. The molecule has 144 valence electrons. The summed E-state index contributed by atoms with van der Waals surface area (Å²) in [6.07, 6.45) is 3.53. The van der Waals surface area contributed by atoms with E-state index < -0.39 is 5.91 Å². The molecule has 5 aromatic rings. The summed E-state index contributed by atoms with van der Waals surface area (Å²) in [5.74, 6) is 0.780. The fraction of sp³-hybridized carbons (Fsp3) is 0.100. The van der Waals surface area contributed by atoms with Crippen molar-refractivity contribution in [1.82, 2.24) is 29.5 Å². The van der Waals surface area contributed by atoms with Crippen molar-refractivity contribution in [1.29, 1.82) is 0 Å². The van der Waals surface area contributed by atoms with Crippen molar-refractivity contribution >= 4 is 34.2 Å². The number of aryl methyl sites for hydroxylation is 2. The van der Waals surface area contributed by atoms with Crippen LogP contribution in [0.5, 0.6) is 0 Å². The van der Waals surface area contributed by atoms with Gasteiger partial charge in [0, 0.05) is 46.7 Å². The summed E-state index contributed by atoms with van der Waals surface area (Å²) in [5, 5.41) is 11.1. The molecule has 0 aliphatic carbocycles. The lowest BCUT2D eigenvalue weighted by molar-refractivity contribution is 0.100. The maximum Gasteiger partial charge on any atom is 0.250 e. The molecule has 5 N–H and O–H groups in total. The molecule has 0 unspecified atom stereocenters. The third-order valence-electron chi connectivity index (χ3n) is 4.76. The third-order valence-corrected chi connectivity index (χ3v) is 4.76. The molecule has 0 radical (unpaired) electrons. The number of aromatic nitrogens is 6. The lowest BCUT2D eigenvalue weighted by atomic mass is 10.1. The van der Waals surface area contributed by atoms with E-state index in [0.29, 0.717) is 17.3 Å². The molecule has 1 amide bonds. The van der Waals surface area contributed by atoms with E-state index in [1.54, 1.807) is 6.20 Å². The van der Waals surface area contributed by atoms with Crippen molar-refractivity contribution in [3.63, 3.8) is 0 Å². The second-order valence-electron chi connectivity index (χ2n) is 6.96. The van der Waals surface area contributed by atoms with Crippen LogP contribution >= 0.6 is 0 Å². The lowest BCUT2D eigenvalue weighted by Gasteiger charge is -2.09. The van der Waals surface area contributed by atoms with Crippen LogP contribution in [0, 0.1) is 13.8 Å². The molecule has 1 aromatic carbocycles. The number of fused-ring (bicyclic) bond motifs is 2. The molecule has 0 fully saturated rings. The number of benzene rings is 1. The fourth-order valence-corrected chi connectivity index (χ4v) is 3.43. The Labute approximate surface area is 165 Å². The first-order valence-corrected chi connectivity index (χ1v) is 9.05. The lowest BCUT2D eigenvalue weighted by Crippen LogP contribution is -2.09. The van der Waals surface area contributed by atoms with Crippen molar-refractivity contribution in [3.8, 4) is 11.3 Å². The zero-order valence-corrected chi connectivity index (χ0v) is 15.8. The summed E-state index contributed by atoms with van der Waals surface area (Å²) in [6, 6.07) is 9.56. The maximum atomic E-state index is 11.7. The average molecular weight is 386 g/mol. The Morgan fingerprint density at radius 1 is 1.17 bits per heavy atom. The van der Waals surface area contributed by atoms with Crippen molar-refractivity contribution in [2.24, 2.45) is 5.73 Å². The molecule has 9 nitrogen and oxygen atoms in total. The standard InChI is InChI=1S/C20H18N8O/c1-10-5-17(27-26-10)25-20-24-16(7-18-23-11(2)9-28(18)20)12-3-4-15-13(6-12)14(8-22-15)19(21)29/h3-9,22H,1-2H3,(H2,21,29)(H2,24,25,26,27). The topological polar surface area (TPSA) is 130 Å². The van der Waals surface area contributed by atoms with E-state index >= 15 is 0 Å². The Morgan fingerprint density at radius 2 is 2.03 bits per heavy atom. The Balaban J connectivity index is 1.67. The van der Waals surface area contributed by atoms with Crippen molar-refractivity contribution < 1.29 is 4.79 Å². The molecule has 5 rings (SSSR count). The van der Waals surface area contributed by atoms with E-state index in [4.69, 9.17) is 10.7 Å². The zero-order valence-electron chi connectivity index (χ0n) is 15.8. The van der Waals surface area contributed by atoms with Gasteiger partial charge in [-0.25, -0.2) is 9.97 Å². The predicted molar refractivity (Wildman–Crippen MR) is 110 cm³/mol. The summed E-state index contributed by atoms with van der Waals surface area (Å²) >= 11 is 0. The van der Waals surface area contributed by atoms with Gasteiger partial charge in [-0.3, -0.25) is 14.3 Å². The highest BCUT2D eigenvalue weighted by molar-refractivity contribution is 6.06. The van der Waals surface area contributed by atoms with E-state index in [2.05, 4.69) is 25.5 Å². The summed E-state index contributed by atoms with van der Waals surface area (Å²) in [6.45, 7) is 3.86. The average Bonchev–Trinajstić information content (AvgIpc) is 3.38. The van der Waals surface area contributed by atoms with Gasteiger partial charge in [-0.2, -0.15) is 5.10 Å². The van der Waals surface area contributed by atoms with E-state index in [1.807, 2.05) is 54.8 Å². The first-order chi connectivity index (χ1) is 14.0. The molecule has 0 aliphatic rings. The summed E-state index contributed by atoms with van der Waals surface area (Å²) in [4.78, 5) is 24.1. The Bertz CT molecular complexity index is 1390. The second kappa shape index (κ2) is 6.20. The molecule has 29 heavy (non-hydrogen) atoms. The zero-order chi connectivity index (χ0) is 20.1. The number of carbonyl (C=O) groups is 1. The molecule has 0 atom stereocenters.